The number of ether oxygens (including phenoxy) is 1. The molecule has 1 aliphatic heterocycles. The summed E-state index contributed by atoms with van der Waals surface area (Å²) in [6, 6.07) is 9.78. The van der Waals surface area contributed by atoms with Crippen molar-refractivity contribution in [3.05, 3.63) is 57.6 Å². The molecule has 0 unspecified atom stereocenters. The molecule has 7 heteroatoms. The summed E-state index contributed by atoms with van der Waals surface area (Å²) in [4.78, 5) is 29.1. The van der Waals surface area contributed by atoms with Crippen LogP contribution in [-0.4, -0.2) is 43.0 Å². The zero-order valence-electron chi connectivity index (χ0n) is 15.3. The Morgan fingerprint density at radius 3 is 2.56 bits per heavy atom. The number of rotatable bonds is 3. The molecule has 1 aliphatic rings. The molecule has 1 heterocycles. The van der Waals surface area contributed by atoms with Gasteiger partial charge in [-0.3, -0.25) is 9.59 Å². The first-order valence-corrected chi connectivity index (χ1v) is 9.31. The first-order chi connectivity index (χ1) is 12.8. The Morgan fingerprint density at radius 2 is 1.89 bits per heavy atom. The molecule has 142 valence electrons. The van der Waals surface area contributed by atoms with E-state index in [-0.39, 0.29) is 16.8 Å². The van der Waals surface area contributed by atoms with Crippen molar-refractivity contribution in [3.63, 3.8) is 0 Å². The summed E-state index contributed by atoms with van der Waals surface area (Å²) in [6.07, 6.45) is 0. The monoisotopic (exact) mass is 406 g/mol. The highest BCUT2D eigenvalue weighted by molar-refractivity contribution is 6.36. The van der Waals surface area contributed by atoms with E-state index in [4.69, 9.17) is 27.9 Å². The zero-order chi connectivity index (χ0) is 19.7. The van der Waals surface area contributed by atoms with Crippen molar-refractivity contribution in [1.29, 1.82) is 0 Å². The number of amides is 2. The number of hydrogen-bond acceptors (Lipinski definition) is 3. The van der Waals surface area contributed by atoms with E-state index < -0.39 is 6.04 Å². The fraction of sp³-hybridized carbons (Fsp3) is 0.300. The molecule has 0 bridgehead atoms. The number of nitrogens with zero attached hydrogens (tertiary/aromatic N) is 2. The molecule has 0 radical (unpaired) electrons. The van der Waals surface area contributed by atoms with Gasteiger partial charge in [0.15, 0.2) is 0 Å². The van der Waals surface area contributed by atoms with E-state index in [2.05, 4.69) is 0 Å². The fourth-order valence-corrected chi connectivity index (χ4v) is 3.70. The number of methoxy groups -OCH3 is 1. The van der Waals surface area contributed by atoms with Gasteiger partial charge >= 0.3 is 0 Å². The molecule has 0 N–H and O–H groups in total. The van der Waals surface area contributed by atoms with Crippen LogP contribution in [0.15, 0.2) is 36.4 Å². The first kappa shape index (κ1) is 19.5. The normalized spacial score (nSPS) is 17.2. The quantitative estimate of drug-likeness (QED) is 0.767. The van der Waals surface area contributed by atoms with Gasteiger partial charge in [0.1, 0.15) is 11.8 Å². The smallest absolute Gasteiger partial charge is 0.256 e. The second-order valence-electron chi connectivity index (χ2n) is 6.46. The van der Waals surface area contributed by atoms with Crippen molar-refractivity contribution in [2.45, 2.75) is 19.9 Å². The Hall–Kier alpha value is -2.24. The van der Waals surface area contributed by atoms with Crippen molar-refractivity contribution in [2.24, 2.45) is 0 Å². The minimum atomic E-state index is -0.622. The predicted molar refractivity (Wildman–Crippen MR) is 107 cm³/mol. The molecule has 0 saturated carbocycles. The van der Waals surface area contributed by atoms with E-state index >= 15 is 0 Å². The molecule has 0 spiro atoms. The van der Waals surface area contributed by atoms with Gasteiger partial charge in [0, 0.05) is 18.1 Å². The van der Waals surface area contributed by atoms with Crippen molar-refractivity contribution in [3.8, 4) is 5.75 Å². The number of carbonyl (C=O) groups excluding carboxylic acids is 2. The van der Waals surface area contributed by atoms with Gasteiger partial charge in [0.2, 0.25) is 5.91 Å². The lowest BCUT2D eigenvalue weighted by Crippen LogP contribution is -2.57. The van der Waals surface area contributed by atoms with Gasteiger partial charge in [0.25, 0.3) is 5.91 Å². The second kappa shape index (κ2) is 7.79. The molecule has 0 aliphatic carbocycles. The average molecular weight is 407 g/mol. The summed E-state index contributed by atoms with van der Waals surface area (Å²) >= 11 is 12.1. The third kappa shape index (κ3) is 3.75. The molecule has 3 rings (SSSR count). The van der Waals surface area contributed by atoms with Crippen LogP contribution < -0.4 is 9.64 Å². The van der Waals surface area contributed by atoms with Crippen LogP contribution in [0.1, 0.15) is 22.8 Å². The summed E-state index contributed by atoms with van der Waals surface area (Å²) < 4.78 is 5.40. The first-order valence-electron chi connectivity index (χ1n) is 8.55. The Morgan fingerprint density at radius 1 is 1.15 bits per heavy atom. The van der Waals surface area contributed by atoms with Gasteiger partial charge in [-0.15, -0.1) is 0 Å². The number of halogens is 2. The highest BCUT2D eigenvalue weighted by Crippen LogP contribution is 2.32. The average Bonchev–Trinajstić information content (AvgIpc) is 2.63. The lowest BCUT2D eigenvalue weighted by atomic mass is 10.1. The minimum absolute atomic E-state index is 0.163. The Kier molecular flexibility index (Phi) is 5.63. The highest BCUT2D eigenvalue weighted by atomic mass is 35.5. The van der Waals surface area contributed by atoms with Crippen molar-refractivity contribution in [2.75, 3.05) is 25.1 Å². The van der Waals surface area contributed by atoms with Gasteiger partial charge in [-0.2, -0.15) is 0 Å². The predicted octanol–water partition coefficient (Wildman–Crippen LogP) is 4.19. The van der Waals surface area contributed by atoms with Gasteiger partial charge in [-0.1, -0.05) is 29.3 Å². The summed E-state index contributed by atoms with van der Waals surface area (Å²) in [6.45, 7) is 4.44. The summed E-state index contributed by atoms with van der Waals surface area (Å²) in [5, 5.41) is 0.729. The highest BCUT2D eigenvalue weighted by Gasteiger charge is 2.36. The summed E-state index contributed by atoms with van der Waals surface area (Å²) in [5.41, 5.74) is 2.07. The molecule has 0 aromatic heterocycles. The third-order valence-electron chi connectivity index (χ3n) is 4.70. The topological polar surface area (TPSA) is 49.9 Å². The van der Waals surface area contributed by atoms with Gasteiger partial charge in [-0.25, -0.2) is 0 Å². The van der Waals surface area contributed by atoms with Crippen LogP contribution in [0.3, 0.4) is 0 Å². The van der Waals surface area contributed by atoms with Crippen LogP contribution in [0, 0.1) is 6.92 Å². The Labute approximate surface area is 168 Å². The van der Waals surface area contributed by atoms with Gasteiger partial charge in [0.05, 0.1) is 23.4 Å². The lowest BCUT2D eigenvalue weighted by Gasteiger charge is -2.39. The van der Waals surface area contributed by atoms with Crippen LogP contribution >= 0.6 is 23.2 Å². The molecule has 1 saturated heterocycles. The summed E-state index contributed by atoms with van der Waals surface area (Å²) in [7, 11) is 1.57. The Bertz CT molecular complexity index is 901. The van der Waals surface area contributed by atoms with E-state index in [1.54, 1.807) is 31.1 Å². The van der Waals surface area contributed by atoms with Crippen LogP contribution in [0.4, 0.5) is 5.69 Å². The van der Waals surface area contributed by atoms with Crippen molar-refractivity contribution < 1.29 is 14.3 Å². The third-order valence-corrected chi connectivity index (χ3v) is 5.25. The standard InChI is InChI=1S/C20H20Cl2N2O3/c1-12-4-7-18(27-3)17(10-12)24-9-8-23(13(2)19(24)25)20(26)15-6-5-14(21)11-16(15)22/h4-7,10-11,13H,8-9H2,1-3H3/t13-/m1/s1. The maximum atomic E-state index is 13.0. The molecule has 1 fully saturated rings. The van der Waals surface area contributed by atoms with Crippen LogP contribution in [-0.2, 0) is 4.79 Å². The number of carbonyl (C=O) groups is 2. The van der Waals surface area contributed by atoms with E-state index in [1.165, 1.54) is 11.0 Å². The van der Waals surface area contributed by atoms with Crippen LogP contribution in [0.25, 0.3) is 0 Å². The Balaban J connectivity index is 1.87. The number of anilines is 1. The molecule has 2 amide bonds. The summed E-state index contributed by atoms with van der Waals surface area (Å²) in [5.74, 6) is 0.179. The lowest BCUT2D eigenvalue weighted by molar-refractivity contribution is -0.124. The molecular weight excluding hydrogens is 387 g/mol. The molecule has 1 atom stereocenters. The van der Waals surface area contributed by atoms with E-state index in [1.807, 2.05) is 25.1 Å². The zero-order valence-corrected chi connectivity index (χ0v) is 16.8. The molecule has 2 aromatic rings. The van der Waals surface area contributed by atoms with Gasteiger partial charge in [-0.05, 0) is 49.7 Å². The van der Waals surface area contributed by atoms with E-state index in [0.29, 0.717) is 35.1 Å². The van der Waals surface area contributed by atoms with E-state index in [9.17, 15) is 9.59 Å². The van der Waals surface area contributed by atoms with Crippen molar-refractivity contribution >= 4 is 40.7 Å². The largest absolute Gasteiger partial charge is 0.495 e. The van der Waals surface area contributed by atoms with Gasteiger partial charge < -0.3 is 14.5 Å². The molecule has 2 aromatic carbocycles. The van der Waals surface area contributed by atoms with Crippen molar-refractivity contribution in [1.82, 2.24) is 4.90 Å². The maximum absolute atomic E-state index is 13.0. The molecule has 27 heavy (non-hydrogen) atoms. The van der Waals surface area contributed by atoms with Crippen LogP contribution in [0.5, 0.6) is 5.75 Å². The maximum Gasteiger partial charge on any atom is 0.256 e. The molecular formula is C20H20Cl2N2O3. The SMILES string of the molecule is COc1ccc(C)cc1N1CCN(C(=O)c2ccc(Cl)cc2Cl)[C@H](C)C1=O. The number of benzene rings is 2. The van der Waals surface area contributed by atoms with E-state index in [0.717, 1.165) is 5.56 Å². The number of piperazine rings is 1. The molecule has 5 nitrogen and oxygen atoms in total. The fourth-order valence-electron chi connectivity index (χ4n) is 3.22. The second-order valence-corrected chi connectivity index (χ2v) is 7.31. The van der Waals surface area contributed by atoms with Crippen LogP contribution in [0.2, 0.25) is 10.0 Å². The minimum Gasteiger partial charge on any atom is -0.495 e. The number of hydrogen-bond donors (Lipinski definition) is 0. The number of aryl methyl sites for hydroxylation is 1.